The SMILES string of the molecule is O=S(=O)(O)[P+](O)(O)O. The fourth-order valence-electron chi connectivity index (χ4n) is 0. The van der Waals surface area contributed by atoms with Gasteiger partial charge in [-0.1, -0.05) is 0 Å². The molecule has 0 aliphatic heterocycles. The molecule has 0 aliphatic rings. The zero-order valence-corrected chi connectivity index (χ0v) is 5.17. The van der Waals surface area contributed by atoms with Crippen molar-refractivity contribution in [2.45, 2.75) is 0 Å². The van der Waals surface area contributed by atoms with E-state index in [1.54, 1.807) is 0 Å². The average Bonchev–Trinajstić information content (AvgIpc) is 1.25. The number of rotatable bonds is 1. The Balaban J connectivity index is 4.53. The Bertz CT molecular complexity index is 157. The van der Waals surface area contributed by atoms with Crippen molar-refractivity contribution in [2.75, 3.05) is 0 Å². The molecular formula is H4O6PS+. The summed E-state index contributed by atoms with van der Waals surface area (Å²) in [6.45, 7) is 0. The van der Waals surface area contributed by atoms with Crippen LogP contribution in [0.25, 0.3) is 0 Å². The van der Waals surface area contributed by atoms with Gasteiger partial charge in [-0.15, -0.1) is 0 Å². The molecule has 0 fully saturated rings. The summed E-state index contributed by atoms with van der Waals surface area (Å²) in [5.41, 5.74) is 0. The molecular weight excluding hydrogens is 159 g/mol. The first kappa shape index (κ1) is 8.22. The van der Waals surface area contributed by atoms with Gasteiger partial charge in [-0.3, -0.25) is 4.55 Å². The van der Waals surface area contributed by atoms with Crippen LogP contribution in [0.5, 0.6) is 0 Å². The molecule has 0 saturated carbocycles. The van der Waals surface area contributed by atoms with Gasteiger partial charge in [0.1, 0.15) is 0 Å². The molecule has 8 heavy (non-hydrogen) atoms. The quantitative estimate of drug-likeness (QED) is 0.277. The molecule has 0 aromatic carbocycles. The van der Waals surface area contributed by atoms with Gasteiger partial charge < -0.3 is 0 Å². The molecule has 0 aromatic heterocycles. The van der Waals surface area contributed by atoms with E-state index in [1.165, 1.54) is 0 Å². The van der Waals surface area contributed by atoms with Crippen molar-refractivity contribution in [1.29, 1.82) is 0 Å². The lowest BCUT2D eigenvalue weighted by atomic mass is 15.8. The first-order chi connectivity index (χ1) is 3.25. The van der Waals surface area contributed by atoms with Crippen molar-refractivity contribution in [3.8, 4) is 0 Å². The molecule has 0 unspecified atom stereocenters. The third-order valence-corrected chi connectivity index (χ3v) is 2.79. The Morgan fingerprint density at radius 3 is 1.25 bits per heavy atom. The topological polar surface area (TPSA) is 115 Å². The molecule has 0 atom stereocenters. The molecule has 0 radical (unpaired) electrons. The standard InChI is InChI=1S/H3O6PS/c1-7(2,3)8(4,5)6/h1-3H/p+1. The lowest BCUT2D eigenvalue weighted by molar-refractivity contribution is 0.341. The molecule has 4 N–H and O–H groups in total. The minimum atomic E-state index is -5.07. The van der Waals surface area contributed by atoms with Gasteiger partial charge in [-0.2, -0.15) is 23.1 Å². The second-order valence-corrected chi connectivity index (χ2v) is 5.74. The van der Waals surface area contributed by atoms with Crippen LogP contribution in [0.3, 0.4) is 0 Å². The van der Waals surface area contributed by atoms with Gasteiger partial charge in [-0.25, -0.2) is 0 Å². The predicted octanol–water partition coefficient (Wildman–Crippen LogP) is -1.47. The van der Waals surface area contributed by atoms with Crippen LogP contribution in [0.15, 0.2) is 0 Å². The van der Waals surface area contributed by atoms with Crippen molar-refractivity contribution in [3.05, 3.63) is 0 Å². The smallest absolute Gasteiger partial charge is 0.250 e. The van der Waals surface area contributed by atoms with Crippen LogP contribution in [0.2, 0.25) is 0 Å². The molecule has 8 heteroatoms. The van der Waals surface area contributed by atoms with Gasteiger partial charge in [0, 0.05) is 0 Å². The van der Waals surface area contributed by atoms with E-state index < -0.39 is 16.9 Å². The minimum absolute atomic E-state index is 5.06. The molecule has 6 nitrogen and oxygen atoms in total. The van der Waals surface area contributed by atoms with E-state index >= 15 is 0 Å². The zero-order valence-electron chi connectivity index (χ0n) is 3.46. The van der Waals surface area contributed by atoms with E-state index in [0.717, 1.165) is 0 Å². The van der Waals surface area contributed by atoms with E-state index in [4.69, 9.17) is 19.2 Å². The van der Waals surface area contributed by atoms with Crippen LogP contribution < -0.4 is 0 Å². The van der Waals surface area contributed by atoms with Crippen LogP contribution in [0, 0.1) is 0 Å². The van der Waals surface area contributed by atoms with Crippen molar-refractivity contribution in [2.24, 2.45) is 0 Å². The maximum absolute atomic E-state index is 9.51. The highest BCUT2D eigenvalue weighted by molar-refractivity contribution is 8.48. The third-order valence-electron chi connectivity index (χ3n) is 0.310. The predicted molar refractivity (Wildman–Crippen MR) is 25.1 cm³/mol. The summed E-state index contributed by atoms with van der Waals surface area (Å²) >= 11 is 0. The van der Waals surface area contributed by atoms with Crippen LogP contribution in [-0.4, -0.2) is 27.7 Å². The summed E-state index contributed by atoms with van der Waals surface area (Å²) in [5.74, 6) is 0. The maximum atomic E-state index is 9.51. The van der Waals surface area contributed by atoms with Crippen LogP contribution in [-0.2, 0) is 9.74 Å². The van der Waals surface area contributed by atoms with Crippen molar-refractivity contribution in [1.82, 2.24) is 0 Å². The summed E-state index contributed by atoms with van der Waals surface area (Å²) in [6.07, 6.45) is 0. The van der Waals surface area contributed by atoms with Gasteiger partial charge in [0.05, 0.1) is 0 Å². The molecule has 0 amide bonds. The van der Waals surface area contributed by atoms with Gasteiger partial charge in [-0.05, 0) is 0 Å². The Labute approximate surface area is 45.5 Å². The molecule has 0 rings (SSSR count). The molecule has 0 aliphatic carbocycles. The molecule has 0 saturated heterocycles. The van der Waals surface area contributed by atoms with Gasteiger partial charge in [0.25, 0.3) is 0 Å². The Morgan fingerprint density at radius 1 is 1.12 bits per heavy atom. The van der Waals surface area contributed by atoms with E-state index in [9.17, 15) is 8.42 Å². The van der Waals surface area contributed by atoms with E-state index in [-0.39, 0.29) is 0 Å². The minimum Gasteiger partial charge on any atom is -0.250 e. The monoisotopic (exact) mass is 163 g/mol. The Kier molecular flexibility index (Phi) is 1.92. The lowest BCUT2D eigenvalue weighted by Crippen LogP contribution is -2.03. The second-order valence-electron chi connectivity index (χ2n) is 0.961. The van der Waals surface area contributed by atoms with Crippen LogP contribution >= 0.6 is 7.15 Å². The first-order valence-electron chi connectivity index (χ1n) is 1.30. The molecule has 50 valence electrons. The Morgan fingerprint density at radius 2 is 1.25 bits per heavy atom. The first-order valence-corrected chi connectivity index (χ1v) is 4.99. The fourth-order valence-corrected chi connectivity index (χ4v) is 0. The van der Waals surface area contributed by atoms with E-state index in [1.807, 2.05) is 0 Å². The molecule has 0 spiro atoms. The average molecular weight is 163 g/mol. The van der Waals surface area contributed by atoms with Gasteiger partial charge >= 0.3 is 16.9 Å². The summed E-state index contributed by atoms with van der Waals surface area (Å²) in [7, 11) is -10.1. The zero-order chi connectivity index (χ0) is 7.00. The summed E-state index contributed by atoms with van der Waals surface area (Å²) < 4.78 is 26.6. The van der Waals surface area contributed by atoms with Crippen LogP contribution in [0.1, 0.15) is 0 Å². The van der Waals surface area contributed by atoms with E-state index in [0.29, 0.717) is 0 Å². The highest BCUT2D eigenvalue weighted by Gasteiger charge is 2.48. The second kappa shape index (κ2) is 1.87. The highest BCUT2D eigenvalue weighted by Crippen LogP contribution is 2.50. The van der Waals surface area contributed by atoms with Crippen molar-refractivity contribution in [3.63, 3.8) is 0 Å². The lowest BCUT2D eigenvalue weighted by Gasteiger charge is -1.94. The molecule has 0 bridgehead atoms. The van der Waals surface area contributed by atoms with Crippen molar-refractivity contribution < 1.29 is 27.7 Å². The van der Waals surface area contributed by atoms with Crippen LogP contribution in [0.4, 0.5) is 0 Å². The fraction of sp³-hybridized carbons (Fsp3) is 0. The summed E-state index contributed by atoms with van der Waals surface area (Å²) in [5, 5.41) is 0. The van der Waals surface area contributed by atoms with Crippen molar-refractivity contribution >= 4 is 16.9 Å². The Hall–Kier alpha value is 0.220. The largest absolute Gasteiger partial charge is 0.560 e. The van der Waals surface area contributed by atoms with Gasteiger partial charge in [0.2, 0.25) is 0 Å². The third kappa shape index (κ3) is 1.99. The highest BCUT2D eigenvalue weighted by atomic mass is 32.8. The van der Waals surface area contributed by atoms with Gasteiger partial charge in [0.15, 0.2) is 0 Å². The summed E-state index contributed by atoms with van der Waals surface area (Å²) in [6, 6.07) is 0. The molecule has 0 aromatic rings. The normalized spacial score (nSPS) is 14.0. The van der Waals surface area contributed by atoms with E-state index in [2.05, 4.69) is 0 Å². The number of hydrogen-bond donors (Lipinski definition) is 4. The number of hydrogen-bond acceptors (Lipinski definition) is 5. The molecule has 0 heterocycles. The summed E-state index contributed by atoms with van der Waals surface area (Å²) in [4.78, 5) is 23.2. The maximum Gasteiger partial charge on any atom is 0.560 e.